The van der Waals surface area contributed by atoms with Crippen molar-refractivity contribution < 1.29 is 18.3 Å². The molecule has 0 spiro atoms. The molecule has 0 fully saturated rings. The van der Waals surface area contributed by atoms with Gasteiger partial charge in [0.05, 0.1) is 5.56 Å². The Morgan fingerprint density at radius 2 is 1.87 bits per heavy atom. The number of hydrogen-bond acceptors (Lipinski definition) is 2. The largest absolute Gasteiger partial charge is 0.349 e. The van der Waals surface area contributed by atoms with E-state index in [9.17, 15) is 8.78 Å². The first-order chi connectivity index (χ1) is 7.13. The summed E-state index contributed by atoms with van der Waals surface area (Å²) in [5.41, 5.74) is 0.949. The van der Waals surface area contributed by atoms with Gasteiger partial charge in [-0.1, -0.05) is 0 Å². The molecule has 0 heterocycles. The lowest BCUT2D eigenvalue weighted by molar-refractivity contribution is -0.215. The van der Waals surface area contributed by atoms with Gasteiger partial charge in [0, 0.05) is 26.7 Å². The SMILES string of the molecule is COC1(OC)CCc2cc(F)cc(F)c21. The Morgan fingerprint density at radius 3 is 2.47 bits per heavy atom. The van der Waals surface area contributed by atoms with E-state index in [-0.39, 0.29) is 0 Å². The molecule has 0 saturated carbocycles. The van der Waals surface area contributed by atoms with Crippen LogP contribution in [0.3, 0.4) is 0 Å². The summed E-state index contributed by atoms with van der Waals surface area (Å²) < 4.78 is 37.0. The molecule has 0 unspecified atom stereocenters. The van der Waals surface area contributed by atoms with Crippen molar-refractivity contribution in [3.05, 3.63) is 34.9 Å². The van der Waals surface area contributed by atoms with Crippen molar-refractivity contribution in [3.8, 4) is 0 Å². The van der Waals surface area contributed by atoms with E-state index in [2.05, 4.69) is 0 Å². The van der Waals surface area contributed by atoms with Gasteiger partial charge in [0.1, 0.15) is 11.6 Å². The average molecular weight is 214 g/mol. The Labute approximate surface area is 86.8 Å². The molecule has 1 aromatic carbocycles. The molecule has 1 aliphatic carbocycles. The van der Waals surface area contributed by atoms with Crippen LogP contribution in [-0.4, -0.2) is 14.2 Å². The molecule has 0 saturated heterocycles. The number of fused-ring (bicyclic) bond motifs is 1. The van der Waals surface area contributed by atoms with Crippen LogP contribution in [0.2, 0.25) is 0 Å². The van der Waals surface area contributed by atoms with Crippen LogP contribution < -0.4 is 0 Å². The molecule has 0 aliphatic heterocycles. The zero-order valence-electron chi connectivity index (χ0n) is 8.64. The Morgan fingerprint density at radius 1 is 1.20 bits per heavy atom. The molecule has 2 nitrogen and oxygen atoms in total. The third kappa shape index (κ3) is 1.44. The van der Waals surface area contributed by atoms with E-state index in [0.717, 1.165) is 6.07 Å². The molecule has 0 atom stereocenters. The highest BCUT2D eigenvalue weighted by Gasteiger charge is 2.42. The van der Waals surface area contributed by atoms with Crippen LogP contribution in [0, 0.1) is 11.6 Å². The van der Waals surface area contributed by atoms with Gasteiger partial charge in [-0.05, 0) is 18.1 Å². The first-order valence-corrected chi connectivity index (χ1v) is 4.71. The number of hydrogen-bond donors (Lipinski definition) is 0. The van der Waals surface area contributed by atoms with Crippen LogP contribution in [0.4, 0.5) is 8.78 Å². The first kappa shape index (κ1) is 10.5. The van der Waals surface area contributed by atoms with Gasteiger partial charge in [0.2, 0.25) is 0 Å². The van der Waals surface area contributed by atoms with Gasteiger partial charge in [-0.3, -0.25) is 0 Å². The van der Waals surface area contributed by atoms with Crippen molar-refractivity contribution in [2.24, 2.45) is 0 Å². The number of methoxy groups -OCH3 is 2. The summed E-state index contributed by atoms with van der Waals surface area (Å²) in [5.74, 6) is -2.21. The van der Waals surface area contributed by atoms with E-state index in [1.54, 1.807) is 0 Å². The smallest absolute Gasteiger partial charge is 0.197 e. The minimum absolute atomic E-state index is 0.328. The Bertz CT molecular complexity index is 386. The standard InChI is InChI=1S/C11H12F2O2/c1-14-11(15-2)4-3-7-5-8(12)6-9(13)10(7)11/h5-6H,3-4H2,1-2H3. The van der Waals surface area contributed by atoms with Crippen LogP contribution in [0.1, 0.15) is 17.5 Å². The Kier molecular flexibility index (Phi) is 2.48. The fraction of sp³-hybridized carbons (Fsp3) is 0.455. The highest BCUT2D eigenvalue weighted by Crippen LogP contribution is 2.41. The van der Waals surface area contributed by atoms with Crippen molar-refractivity contribution in [2.75, 3.05) is 14.2 Å². The average Bonchev–Trinajstić information content (AvgIpc) is 2.57. The van der Waals surface area contributed by atoms with Crippen molar-refractivity contribution >= 4 is 0 Å². The molecular weight excluding hydrogens is 202 g/mol. The van der Waals surface area contributed by atoms with Crippen LogP contribution in [-0.2, 0) is 21.7 Å². The number of aryl methyl sites for hydroxylation is 1. The van der Waals surface area contributed by atoms with Gasteiger partial charge in [0.15, 0.2) is 5.79 Å². The maximum atomic E-state index is 13.6. The normalized spacial score (nSPS) is 17.9. The molecule has 4 heteroatoms. The van der Waals surface area contributed by atoms with Crippen LogP contribution >= 0.6 is 0 Å². The maximum absolute atomic E-state index is 13.6. The van der Waals surface area contributed by atoms with Gasteiger partial charge >= 0.3 is 0 Å². The van der Waals surface area contributed by atoms with E-state index >= 15 is 0 Å². The zero-order chi connectivity index (χ0) is 11.1. The molecule has 1 aromatic rings. The molecule has 2 rings (SSSR count). The lowest BCUT2D eigenvalue weighted by atomic mass is 10.1. The van der Waals surface area contributed by atoms with Crippen molar-refractivity contribution in [1.29, 1.82) is 0 Å². The Balaban J connectivity index is 2.59. The third-order valence-electron chi connectivity index (χ3n) is 2.90. The second-order valence-electron chi connectivity index (χ2n) is 3.58. The quantitative estimate of drug-likeness (QED) is 0.703. The molecule has 0 N–H and O–H groups in total. The van der Waals surface area contributed by atoms with E-state index in [0.29, 0.717) is 24.0 Å². The second kappa shape index (κ2) is 3.54. The van der Waals surface area contributed by atoms with E-state index in [4.69, 9.17) is 9.47 Å². The molecule has 0 radical (unpaired) electrons. The van der Waals surface area contributed by atoms with E-state index in [1.807, 2.05) is 0 Å². The highest BCUT2D eigenvalue weighted by molar-refractivity contribution is 5.37. The minimum atomic E-state index is -1.05. The number of rotatable bonds is 2. The summed E-state index contributed by atoms with van der Waals surface area (Å²) in [7, 11) is 2.92. The lowest BCUT2D eigenvalue weighted by Gasteiger charge is -2.27. The van der Waals surface area contributed by atoms with Gasteiger partial charge in [0.25, 0.3) is 0 Å². The Hall–Kier alpha value is -1.00. The summed E-state index contributed by atoms with van der Waals surface area (Å²) in [6.45, 7) is 0. The van der Waals surface area contributed by atoms with Gasteiger partial charge < -0.3 is 9.47 Å². The third-order valence-corrected chi connectivity index (χ3v) is 2.90. The van der Waals surface area contributed by atoms with Crippen LogP contribution in [0.25, 0.3) is 0 Å². The first-order valence-electron chi connectivity index (χ1n) is 4.71. The molecule has 0 bridgehead atoms. The summed E-state index contributed by atoms with van der Waals surface area (Å²) in [6.07, 6.45) is 1.07. The van der Waals surface area contributed by atoms with Gasteiger partial charge in [-0.2, -0.15) is 0 Å². The monoisotopic (exact) mass is 214 g/mol. The summed E-state index contributed by atoms with van der Waals surface area (Å²) in [4.78, 5) is 0. The fourth-order valence-corrected chi connectivity index (χ4v) is 2.17. The van der Waals surface area contributed by atoms with Crippen molar-refractivity contribution in [2.45, 2.75) is 18.6 Å². The molecule has 82 valence electrons. The van der Waals surface area contributed by atoms with E-state index < -0.39 is 17.4 Å². The molecule has 0 aromatic heterocycles. The predicted molar refractivity (Wildman–Crippen MR) is 50.4 cm³/mol. The van der Waals surface area contributed by atoms with Gasteiger partial charge in [-0.25, -0.2) is 8.78 Å². The molecule has 1 aliphatic rings. The van der Waals surface area contributed by atoms with Crippen molar-refractivity contribution in [1.82, 2.24) is 0 Å². The van der Waals surface area contributed by atoms with Crippen LogP contribution in [0.5, 0.6) is 0 Å². The molecule has 0 amide bonds. The molecule has 15 heavy (non-hydrogen) atoms. The minimum Gasteiger partial charge on any atom is -0.349 e. The number of benzene rings is 1. The molecular formula is C11H12F2O2. The zero-order valence-corrected chi connectivity index (χ0v) is 8.64. The van der Waals surface area contributed by atoms with Gasteiger partial charge in [-0.15, -0.1) is 0 Å². The van der Waals surface area contributed by atoms with Crippen molar-refractivity contribution in [3.63, 3.8) is 0 Å². The number of halogens is 2. The maximum Gasteiger partial charge on any atom is 0.197 e. The summed E-state index contributed by atoms with van der Waals surface area (Å²) >= 11 is 0. The highest BCUT2D eigenvalue weighted by atomic mass is 19.1. The predicted octanol–water partition coefficient (Wildman–Crippen LogP) is 2.36. The summed E-state index contributed by atoms with van der Waals surface area (Å²) in [5, 5.41) is 0. The van der Waals surface area contributed by atoms with Crippen LogP contribution in [0.15, 0.2) is 12.1 Å². The lowest BCUT2D eigenvalue weighted by Crippen LogP contribution is -2.28. The van der Waals surface area contributed by atoms with E-state index in [1.165, 1.54) is 20.3 Å². The fourth-order valence-electron chi connectivity index (χ4n) is 2.17. The second-order valence-corrected chi connectivity index (χ2v) is 3.58. The summed E-state index contributed by atoms with van der Waals surface area (Å²) in [6, 6.07) is 2.19. The topological polar surface area (TPSA) is 18.5 Å². The number of ether oxygens (including phenoxy) is 2.